The molecule has 0 heterocycles. The predicted molar refractivity (Wildman–Crippen MR) is 85.7 cm³/mol. The van der Waals surface area contributed by atoms with Crippen molar-refractivity contribution < 1.29 is 29.7 Å². The third-order valence-corrected chi connectivity index (χ3v) is 2.46. The van der Waals surface area contributed by atoms with Gasteiger partial charge in [-0.05, 0) is 25.3 Å². The van der Waals surface area contributed by atoms with Crippen molar-refractivity contribution in [2.75, 3.05) is 13.1 Å². The second-order valence-corrected chi connectivity index (χ2v) is 4.94. The Morgan fingerprint density at radius 1 is 0.913 bits per heavy atom. The lowest BCUT2D eigenvalue weighted by Gasteiger charge is -2.07. The minimum Gasteiger partial charge on any atom is -0.480 e. The van der Waals surface area contributed by atoms with Gasteiger partial charge in [-0.15, -0.1) is 0 Å². The van der Waals surface area contributed by atoms with Crippen LogP contribution in [0, 0.1) is 5.92 Å². The summed E-state index contributed by atoms with van der Waals surface area (Å²) in [6, 6.07) is -1.43. The summed E-state index contributed by atoms with van der Waals surface area (Å²) in [6.45, 7) is 3.88. The van der Waals surface area contributed by atoms with Gasteiger partial charge >= 0.3 is 17.9 Å². The van der Waals surface area contributed by atoms with Crippen LogP contribution in [-0.2, 0) is 14.4 Å². The molecule has 0 aliphatic rings. The highest BCUT2D eigenvalue weighted by Crippen LogP contribution is 1.97. The van der Waals surface area contributed by atoms with Crippen LogP contribution in [0.15, 0.2) is 0 Å². The molecule has 0 aliphatic carbocycles. The fourth-order valence-corrected chi connectivity index (χ4v) is 0.917. The van der Waals surface area contributed by atoms with Crippen LogP contribution in [0.25, 0.3) is 0 Å². The molecule has 0 spiro atoms. The van der Waals surface area contributed by atoms with Gasteiger partial charge in [-0.2, -0.15) is 0 Å². The van der Waals surface area contributed by atoms with Crippen molar-refractivity contribution in [1.29, 1.82) is 0 Å². The molecule has 10 nitrogen and oxygen atoms in total. The number of carbonyl (C=O) groups is 3. The first-order valence-electron chi connectivity index (χ1n) is 7.09. The highest BCUT2D eigenvalue weighted by molar-refractivity contribution is 5.73. The van der Waals surface area contributed by atoms with Gasteiger partial charge in [-0.25, -0.2) is 0 Å². The molecule has 0 saturated carbocycles. The molecule has 0 saturated heterocycles. The van der Waals surface area contributed by atoms with E-state index in [4.69, 9.17) is 32.5 Å². The summed E-state index contributed by atoms with van der Waals surface area (Å²) in [5.74, 6) is -2.81. The SMILES string of the molecule is CC(C)[C@H](N)C(=O)O.NCC(=O)O.NCCCC[C@H](N)C(=O)O. The fraction of sp³-hybridized carbons (Fsp3) is 0.769. The first-order valence-corrected chi connectivity index (χ1v) is 7.09. The summed E-state index contributed by atoms with van der Waals surface area (Å²) in [6.07, 6.45) is 2.16. The molecule has 0 radical (unpaired) electrons. The molecule has 0 bridgehead atoms. The first-order chi connectivity index (χ1) is 10.5. The van der Waals surface area contributed by atoms with E-state index in [1.54, 1.807) is 13.8 Å². The van der Waals surface area contributed by atoms with E-state index in [0.29, 0.717) is 13.0 Å². The summed E-state index contributed by atoms with van der Waals surface area (Å²) >= 11 is 0. The maximum atomic E-state index is 10.1. The van der Waals surface area contributed by atoms with Crippen molar-refractivity contribution in [3.63, 3.8) is 0 Å². The van der Waals surface area contributed by atoms with E-state index in [-0.39, 0.29) is 12.5 Å². The molecule has 0 amide bonds. The summed E-state index contributed by atoms with van der Waals surface area (Å²) < 4.78 is 0. The molecular formula is C13H30N4O6. The molecule has 10 heteroatoms. The largest absolute Gasteiger partial charge is 0.480 e. The quantitative estimate of drug-likeness (QED) is 0.257. The lowest BCUT2D eigenvalue weighted by atomic mass is 10.1. The molecule has 138 valence electrons. The van der Waals surface area contributed by atoms with Gasteiger partial charge in [-0.3, -0.25) is 14.4 Å². The lowest BCUT2D eigenvalue weighted by molar-refractivity contribution is -0.140. The van der Waals surface area contributed by atoms with Crippen LogP contribution >= 0.6 is 0 Å². The average Bonchev–Trinajstić information content (AvgIpc) is 2.47. The molecule has 0 aromatic rings. The topological polar surface area (TPSA) is 216 Å². The molecule has 0 rings (SSSR count). The van der Waals surface area contributed by atoms with E-state index in [9.17, 15) is 14.4 Å². The zero-order valence-corrected chi connectivity index (χ0v) is 13.6. The molecule has 11 N–H and O–H groups in total. The Labute approximate surface area is 135 Å². The zero-order chi connectivity index (χ0) is 19.0. The summed E-state index contributed by atoms with van der Waals surface area (Å²) in [5, 5.41) is 24.1. The van der Waals surface area contributed by atoms with Crippen LogP contribution in [0.3, 0.4) is 0 Å². The second-order valence-electron chi connectivity index (χ2n) is 4.94. The van der Waals surface area contributed by atoms with E-state index in [0.717, 1.165) is 12.8 Å². The van der Waals surface area contributed by atoms with Gasteiger partial charge in [0.15, 0.2) is 0 Å². The number of hydrogen-bond donors (Lipinski definition) is 7. The third kappa shape index (κ3) is 22.7. The van der Waals surface area contributed by atoms with Gasteiger partial charge < -0.3 is 38.3 Å². The van der Waals surface area contributed by atoms with Gasteiger partial charge in [0.05, 0.1) is 6.54 Å². The minimum absolute atomic E-state index is 0.0208. The molecule has 0 aromatic heterocycles. The number of hydrogen-bond acceptors (Lipinski definition) is 7. The predicted octanol–water partition coefficient (Wildman–Crippen LogP) is -1.39. The van der Waals surface area contributed by atoms with Crippen molar-refractivity contribution in [3.05, 3.63) is 0 Å². The molecule has 23 heavy (non-hydrogen) atoms. The number of aliphatic carboxylic acids is 3. The Morgan fingerprint density at radius 3 is 1.52 bits per heavy atom. The van der Waals surface area contributed by atoms with Crippen LogP contribution in [0.2, 0.25) is 0 Å². The summed E-state index contributed by atoms with van der Waals surface area (Å²) in [4.78, 5) is 29.4. The summed E-state index contributed by atoms with van der Waals surface area (Å²) in [7, 11) is 0. The Kier molecular flexibility index (Phi) is 18.9. The van der Waals surface area contributed by atoms with E-state index in [2.05, 4.69) is 5.73 Å². The molecule has 0 fully saturated rings. The molecule has 0 aromatic carbocycles. The first kappa shape index (κ1) is 26.2. The van der Waals surface area contributed by atoms with Crippen molar-refractivity contribution in [3.8, 4) is 0 Å². The maximum absolute atomic E-state index is 10.1. The zero-order valence-electron chi connectivity index (χ0n) is 13.6. The van der Waals surface area contributed by atoms with Gasteiger partial charge in [-0.1, -0.05) is 20.3 Å². The number of carboxylic acid groups (broad SMARTS) is 3. The molecular weight excluding hydrogens is 308 g/mol. The highest BCUT2D eigenvalue weighted by atomic mass is 16.4. The molecule has 0 unspecified atom stereocenters. The van der Waals surface area contributed by atoms with E-state index in [1.807, 2.05) is 0 Å². The highest BCUT2D eigenvalue weighted by Gasteiger charge is 2.14. The Bertz CT molecular complexity index is 338. The Balaban J connectivity index is -0.000000276. The van der Waals surface area contributed by atoms with Crippen LogP contribution in [0.5, 0.6) is 0 Å². The van der Waals surface area contributed by atoms with Gasteiger partial charge in [0.25, 0.3) is 0 Å². The van der Waals surface area contributed by atoms with Crippen LogP contribution in [-0.4, -0.2) is 58.4 Å². The minimum atomic E-state index is -0.968. The summed E-state index contributed by atoms with van der Waals surface area (Å²) in [5.41, 5.74) is 20.2. The average molecular weight is 338 g/mol. The molecule has 0 aliphatic heterocycles. The van der Waals surface area contributed by atoms with Crippen molar-refractivity contribution >= 4 is 17.9 Å². The number of carboxylic acids is 3. The van der Waals surface area contributed by atoms with Crippen LogP contribution < -0.4 is 22.9 Å². The standard InChI is InChI=1S/C6H14N2O2.C5H11NO2.C2H5NO2/c7-4-2-1-3-5(8)6(9)10;1-3(2)4(6)5(7)8;3-1-2(4)5/h5H,1-4,7-8H2,(H,9,10);3-4H,6H2,1-2H3,(H,7,8);1,3H2,(H,4,5)/t5-;4-;/m00./s1. The lowest BCUT2D eigenvalue weighted by Crippen LogP contribution is -2.34. The number of unbranched alkanes of at least 4 members (excludes halogenated alkanes) is 1. The second kappa shape index (κ2) is 16.6. The Hall–Kier alpha value is -1.75. The smallest absolute Gasteiger partial charge is 0.320 e. The van der Waals surface area contributed by atoms with E-state index < -0.39 is 30.0 Å². The van der Waals surface area contributed by atoms with Crippen LogP contribution in [0.1, 0.15) is 33.1 Å². The monoisotopic (exact) mass is 338 g/mol. The van der Waals surface area contributed by atoms with Gasteiger partial charge in [0, 0.05) is 0 Å². The van der Waals surface area contributed by atoms with Gasteiger partial charge in [0.2, 0.25) is 0 Å². The third-order valence-electron chi connectivity index (χ3n) is 2.46. The van der Waals surface area contributed by atoms with Crippen LogP contribution in [0.4, 0.5) is 0 Å². The van der Waals surface area contributed by atoms with E-state index in [1.165, 1.54) is 0 Å². The normalized spacial score (nSPS) is 12.1. The van der Waals surface area contributed by atoms with Gasteiger partial charge in [0.1, 0.15) is 12.1 Å². The maximum Gasteiger partial charge on any atom is 0.320 e. The van der Waals surface area contributed by atoms with Crippen molar-refractivity contribution in [2.24, 2.45) is 28.9 Å². The Morgan fingerprint density at radius 2 is 1.35 bits per heavy atom. The van der Waals surface area contributed by atoms with Crippen molar-refractivity contribution in [1.82, 2.24) is 0 Å². The van der Waals surface area contributed by atoms with E-state index >= 15 is 0 Å². The number of nitrogens with two attached hydrogens (primary N) is 4. The fourth-order valence-electron chi connectivity index (χ4n) is 0.917. The van der Waals surface area contributed by atoms with Crippen molar-refractivity contribution in [2.45, 2.75) is 45.2 Å². The molecule has 2 atom stereocenters. The number of rotatable bonds is 8.